The van der Waals surface area contributed by atoms with Crippen molar-refractivity contribution >= 4 is 32.3 Å². The lowest BCUT2D eigenvalue weighted by atomic mass is 10.2. The van der Waals surface area contributed by atoms with Gasteiger partial charge in [-0.1, -0.05) is 23.4 Å². The van der Waals surface area contributed by atoms with Crippen molar-refractivity contribution in [2.75, 3.05) is 0 Å². The summed E-state index contributed by atoms with van der Waals surface area (Å²) in [6.45, 7) is 0.171. The second-order valence-electron chi connectivity index (χ2n) is 5.76. The van der Waals surface area contributed by atoms with Gasteiger partial charge in [-0.3, -0.25) is 4.98 Å². The van der Waals surface area contributed by atoms with Gasteiger partial charge in [-0.15, -0.1) is 11.3 Å². The number of nitrogens with zero attached hydrogens (tertiary/aromatic N) is 2. The highest BCUT2D eigenvalue weighted by atomic mass is 32.2. The fourth-order valence-electron chi connectivity index (χ4n) is 2.63. The molecule has 4 rings (SSSR count). The average Bonchev–Trinajstić information content (AvgIpc) is 3.31. The zero-order valence-electron chi connectivity index (χ0n) is 13.6. The SMILES string of the molecule is O=S(=O)(Cc1noc2ccccc12)NCc1cncc(-c2cccs2)c1. The van der Waals surface area contributed by atoms with Crippen LogP contribution in [0.15, 0.2) is 64.8 Å². The topological polar surface area (TPSA) is 85.1 Å². The van der Waals surface area contributed by atoms with Crippen molar-refractivity contribution in [2.45, 2.75) is 12.3 Å². The molecule has 1 N–H and O–H groups in total. The third kappa shape index (κ3) is 3.67. The number of thiophene rings is 1. The first-order chi connectivity index (χ1) is 12.6. The highest BCUT2D eigenvalue weighted by molar-refractivity contribution is 7.88. The predicted molar refractivity (Wildman–Crippen MR) is 101 cm³/mol. The van der Waals surface area contributed by atoms with Gasteiger partial charge in [-0.2, -0.15) is 0 Å². The number of pyridine rings is 1. The van der Waals surface area contributed by atoms with Gasteiger partial charge < -0.3 is 4.52 Å². The molecule has 6 nitrogen and oxygen atoms in total. The standard InChI is InChI=1S/C18H15N3O3S2/c22-26(23,12-16-15-4-1-2-5-17(15)24-21-16)20-10-13-8-14(11-19-9-13)18-6-3-7-25-18/h1-9,11,20H,10,12H2. The average molecular weight is 385 g/mol. The van der Waals surface area contributed by atoms with Crippen molar-refractivity contribution in [3.8, 4) is 10.4 Å². The molecule has 0 aliphatic rings. The zero-order chi connectivity index (χ0) is 18.0. The number of para-hydroxylation sites is 1. The molecule has 0 spiro atoms. The Bertz CT molecular complexity index is 1140. The zero-order valence-corrected chi connectivity index (χ0v) is 15.3. The van der Waals surface area contributed by atoms with Gasteiger partial charge >= 0.3 is 0 Å². The summed E-state index contributed by atoms with van der Waals surface area (Å²) in [6, 6.07) is 13.1. The van der Waals surface area contributed by atoms with E-state index in [4.69, 9.17) is 4.52 Å². The molecule has 0 fully saturated rings. The number of hydrogen-bond donors (Lipinski definition) is 1. The number of nitrogens with one attached hydrogen (secondary N) is 1. The van der Waals surface area contributed by atoms with Crippen LogP contribution < -0.4 is 4.72 Å². The highest BCUT2D eigenvalue weighted by Crippen LogP contribution is 2.24. The van der Waals surface area contributed by atoms with E-state index in [1.807, 2.05) is 35.7 Å². The molecule has 3 aromatic heterocycles. The smallest absolute Gasteiger partial charge is 0.217 e. The lowest BCUT2D eigenvalue weighted by Gasteiger charge is -2.06. The number of fused-ring (bicyclic) bond motifs is 1. The van der Waals surface area contributed by atoms with Crippen molar-refractivity contribution in [1.29, 1.82) is 0 Å². The fraction of sp³-hybridized carbons (Fsp3) is 0.111. The summed E-state index contributed by atoms with van der Waals surface area (Å²) in [7, 11) is -3.56. The van der Waals surface area contributed by atoms with Crippen molar-refractivity contribution in [3.05, 3.63) is 71.5 Å². The maximum absolute atomic E-state index is 12.4. The van der Waals surface area contributed by atoms with Gasteiger partial charge in [0.05, 0.1) is 0 Å². The Morgan fingerprint density at radius 1 is 1.12 bits per heavy atom. The van der Waals surface area contributed by atoms with E-state index in [2.05, 4.69) is 14.9 Å². The number of hydrogen-bond acceptors (Lipinski definition) is 6. The molecule has 0 amide bonds. The van der Waals surface area contributed by atoms with Crippen LogP contribution in [0.25, 0.3) is 21.4 Å². The van der Waals surface area contributed by atoms with Gasteiger partial charge in [0.15, 0.2) is 5.58 Å². The van der Waals surface area contributed by atoms with Gasteiger partial charge in [-0.25, -0.2) is 13.1 Å². The molecule has 0 aliphatic heterocycles. The van der Waals surface area contributed by atoms with Crippen molar-refractivity contribution < 1.29 is 12.9 Å². The van der Waals surface area contributed by atoms with Gasteiger partial charge in [0.25, 0.3) is 0 Å². The molecule has 8 heteroatoms. The first kappa shape index (κ1) is 16.9. The van der Waals surface area contributed by atoms with E-state index in [0.29, 0.717) is 16.7 Å². The molecule has 0 unspecified atom stereocenters. The molecule has 0 saturated carbocycles. The minimum absolute atomic E-state index is 0.171. The van der Waals surface area contributed by atoms with Crippen LogP contribution in [0.3, 0.4) is 0 Å². The van der Waals surface area contributed by atoms with E-state index in [1.54, 1.807) is 35.9 Å². The van der Waals surface area contributed by atoms with E-state index in [0.717, 1.165) is 16.0 Å². The molecule has 26 heavy (non-hydrogen) atoms. The first-order valence-electron chi connectivity index (χ1n) is 7.89. The van der Waals surface area contributed by atoms with E-state index in [-0.39, 0.29) is 12.3 Å². The summed E-state index contributed by atoms with van der Waals surface area (Å²) in [5.41, 5.74) is 2.74. The maximum Gasteiger partial charge on any atom is 0.217 e. The Morgan fingerprint density at radius 2 is 2.00 bits per heavy atom. The van der Waals surface area contributed by atoms with Crippen LogP contribution in [0.5, 0.6) is 0 Å². The second kappa shape index (κ2) is 6.99. The van der Waals surface area contributed by atoms with Crippen molar-refractivity contribution in [2.24, 2.45) is 0 Å². The summed E-state index contributed by atoms with van der Waals surface area (Å²) in [5.74, 6) is -0.234. The first-order valence-corrected chi connectivity index (χ1v) is 10.4. The van der Waals surface area contributed by atoms with Crippen LogP contribution >= 0.6 is 11.3 Å². The quantitative estimate of drug-likeness (QED) is 0.548. The number of aromatic nitrogens is 2. The Balaban J connectivity index is 1.48. The Labute approximate surface area is 154 Å². The molecule has 0 bridgehead atoms. The molecule has 132 valence electrons. The molecule has 0 atom stereocenters. The fourth-order valence-corrected chi connectivity index (χ4v) is 4.39. The summed E-state index contributed by atoms with van der Waals surface area (Å²) in [5, 5.41) is 6.58. The molecule has 1 aromatic carbocycles. The molecule has 3 heterocycles. The minimum atomic E-state index is -3.56. The monoisotopic (exact) mass is 385 g/mol. The Hall–Kier alpha value is -2.55. The Morgan fingerprint density at radius 3 is 2.85 bits per heavy atom. The maximum atomic E-state index is 12.4. The van der Waals surface area contributed by atoms with E-state index >= 15 is 0 Å². The summed E-state index contributed by atoms with van der Waals surface area (Å²) in [4.78, 5) is 5.30. The third-order valence-electron chi connectivity index (χ3n) is 3.88. The number of rotatable bonds is 6. The normalized spacial score (nSPS) is 11.8. The van der Waals surface area contributed by atoms with Crippen LogP contribution in [0.4, 0.5) is 0 Å². The van der Waals surface area contributed by atoms with Crippen LogP contribution in [0.2, 0.25) is 0 Å². The molecule has 0 aliphatic carbocycles. The Kier molecular flexibility index (Phi) is 4.54. The molecular formula is C18H15N3O3S2. The molecular weight excluding hydrogens is 370 g/mol. The van der Waals surface area contributed by atoms with Gasteiger partial charge in [0.2, 0.25) is 10.0 Å². The van der Waals surface area contributed by atoms with Crippen LogP contribution in [0, 0.1) is 0 Å². The molecule has 4 aromatic rings. The van der Waals surface area contributed by atoms with Crippen LogP contribution in [-0.2, 0) is 22.3 Å². The van der Waals surface area contributed by atoms with Crippen LogP contribution in [-0.4, -0.2) is 18.6 Å². The van der Waals surface area contributed by atoms with E-state index in [9.17, 15) is 8.42 Å². The van der Waals surface area contributed by atoms with E-state index in [1.165, 1.54) is 0 Å². The third-order valence-corrected chi connectivity index (χ3v) is 6.03. The minimum Gasteiger partial charge on any atom is -0.356 e. The molecule has 0 radical (unpaired) electrons. The second-order valence-corrected chi connectivity index (χ2v) is 8.52. The van der Waals surface area contributed by atoms with E-state index < -0.39 is 10.0 Å². The van der Waals surface area contributed by atoms with Gasteiger partial charge in [-0.05, 0) is 35.2 Å². The number of sulfonamides is 1. The lowest BCUT2D eigenvalue weighted by molar-refractivity contribution is 0.448. The van der Waals surface area contributed by atoms with Crippen LogP contribution in [0.1, 0.15) is 11.3 Å². The van der Waals surface area contributed by atoms with Crippen molar-refractivity contribution in [1.82, 2.24) is 14.9 Å². The van der Waals surface area contributed by atoms with Crippen molar-refractivity contribution in [3.63, 3.8) is 0 Å². The van der Waals surface area contributed by atoms with Gasteiger partial charge in [0.1, 0.15) is 11.4 Å². The summed E-state index contributed by atoms with van der Waals surface area (Å²) >= 11 is 1.61. The largest absolute Gasteiger partial charge is 0.356 e. The number of benzene rings is 1. The highest BCUT2D eigenvalue weighted by Gasteiger charge is 2.17. The summed E-state index contributed by atoms with van der Waals surface area (Å²) < 4.78 is 32.6. The molecule has 0 saturated heterocycles. The van der Waals surface area contributed by atoms with Gasteiger partial charge in [0, 0.05) is 34.8 Å². The summed E-state index contributed by atoms with van der Waals surface area (Å²) in [6.07, 6.45) is 3.43. The lowest BCUT2D eigenvalue weighted by Crippen LogP contribution is -2.25. The predicted octanol–water partition coefficient (Wildman–Crippen LogP) is 3.57.